The van der Waals surface area contributed by atoms with Crippen molar-refractivity contribution in [1.29, 1.82) is 0 Å². The maximum absolute atomic E-state index is 12.1. The van der Waals surface area contributed by atoms with Crippen LogP contribution >= 0.6 is 0 Å². The fourth-order valence-corrected chi connectivity index (χ4v) is 5.78. The SMILES string of the molecule is NC(=O)c1cnn2cc(-c3ccncc3)cc2c1N[C@H]1CC12CCCC21CC1. The minimum absolute atomic E-state index is 0.432. The van der Waals surface area contributed by atoms with Gasteiger partial charge in [0.1, 0.15) is 0 Å². The Morgan fingerprint density at radius 3 is 2.75 bits per heavy atom. The van der Waals surface area contributed by atoms with Crippen molar-refractivity contribution in [3.05, 3.63) is 48.5 Å². The van der Waals surface area contributed by atoms with Crippen molar-refractivity contribution < 1.29 is 4.79 Å². The first-order chi connectivity index (χ1) is 13.6. The van der Waals surface area contributed by atoms with Gasteiger partial charge in [0.05, 0.1) is 23.0 Å². The molecule has 6 rings (SSSR count). The largest absolute Gasteiger partial charge is 0.379 e. The Bertz CT molecular complexity index is 1100. The van der Waals surface area contributed by atoms with Crippen molar-refractivity contribution in [2.24, 2.45) is 16.6 Å². The smallest absolute Gasteiger partial charge is 0.252 e. The van der Waals surface area contributed by atoms with E-state index in [0.717, 1.165) is 22.3 Å². The van der Waals surface area contributed by atoms with E-state index in [1.54, 1.807) is 18.6 Å². The van der Waals surface area contributed by atoms with Gasteiger partial charge < -0.3 is 11.1 Å². The van der Waals surface area contributed by atoms with Crippen LogP contribution in [0, 0.1) is 10.8 Å². The van der Waals surface area contributed by atoms with Gasteiger partial charge in [-0.25, -0.2) is 4.52 Å². The highest BCUT2D eigenvalue weighted by atomic mass is 16.1. The molecule has 3 fully saturated rings. The molecule has 3 aliphatic rings. The first-order valence-corrected chi connectivity index (χ1v) is 10.1. The minimum Gasteiger partial charge on any atom is -0.379 e. The fraction of sp³-hybridized carbons (Fsp3) is 0.409. The summed E-state index contributed by atoms with van der Waals surface area (Å²) >= 11 is 0. The number of primary amides is 1. The summed E-state index contributed by atoms with van der Waals surface area (Å²) in [5, 5.41) is 8.16. The Kier molecular flexibility index (Phi) is 3.07. The third-order valence-corrected chi connectivity index (χ3v) is 7.50. The molecular weight excluding hydrogens is 350 g/mol. The molecule has 2 atom stereocenters. The Morgan fingerprint density at radius 1 is 1.18 bits per heavy atom. The second-order valence-corrected chi connectivity index (χ2v) is 8.78. The summed E-state index contributed by atoms with van der Waals surface area (Å²) in [5.41, 5.74) is 11.0. The number of amides is 1. The Balaban J connectivity index is 1.42. The van der Waals surface area contributed by atoms with Crippen molar-refractivity contribution in [2.75, 3.05) is 5.32 Å². The lowest BCUT2D eigenvalue weighted by atomic mass is 9.88. The normalized spacial score (nSPS) is 26.8. The molecule has 3 N–H and O–H groups in total. The first-order valence-electron chi connectivity index (χ1n) is 10.1. The summed E-state index contributed by atoms with van der Waals surface area (Å²) in [4.78, 5) is 16.2. The highest BCUT2D eigenvalue weighted by Crippen LogP contribution is 2.78. The van der Waals surface area contributed by atoms with Gasteiger partial charge in [0.25, 0.3) is 5.91 Å². The minimum atomic E-state index is -0.439. The van der Waals surface area contributed by atoms with E-state index in [1.807, 2.05) is 22.8 Å². The Labute approximate surface area is 163 Å². The van der Waals surface area contributed by atoms with E-state index >= 15 is 0 Å². The van der Waals surface area contributed by atoms with Gasteiger partial charge in [0.15, 0.2) is 0 Å². The van der Waals surface area contributed by atoms with E-state index in [0.29, 0.717) is 22.4 Å². The molecule has 3 heterocycles. The average Bonchev–Trinajstić information content (AvgIpc) is 3.53. The lowest BCUT2D eigenvalue weighted by Crippen LogP contribution is -2.22. The molecule has 28 heavy (non-hydrogen) atoms. The van der Waals surface area contributed by atoms with Gasteiger partial charge in [-0.2, -0.15) is 5.10 Å². The van der Waals surface area contributed by atoms with Crippen LogP contribution in [0.5, 0.6) is 0 Å². The van der Waals surface area contributed by atoms with Crippen LogP contribution in [0.25, 0.3) is 16.6 Å². The monoisotopic (exact) mass is 373 g/mol. The molecule has 6 nitrogen and oxygen atoms in total. The highest BCUT2D eigenvalue weighted by molar-refractivity contribution is 6.02. The van der Waals surface area contributed by atoms with Crippen LogP contribution in [0.3, 0.4) is 0 Å². The van der Waals surface area contributed by atoms with Crippen LogP contribution in [-0.4, -0.2) is 26.5 Å². The average molecular weight is 373 g/mol. The standard InChI is InChI=1S/C22H23N5O/c23-20(28)16-12-25-27-13-15(14-2-8-24-9-3-14)10-17(27)19(16)26-18-11-22(18)5-1-4-21(22)6-7-21/h2-3,8-10,12-13,18,26H,1,4-7,11H2,(H2,23,28)/t18-,22?/m0/s1. The number of carbonyl (C=O) groups is 1. The van der Waals surface area contributed by atoms with Crippen molar-refractivity contribution in [3.63, 3.8) is 0 Å². The van der Waals surface area contributed by atoms with Crippen LogP contribution in [0.15, 0.2) is 43.0 Å². The van der Waals surface area contributed by atoms with Crippen LogP contribution in [0.1, 0.15) is 48.9 Å². The van der Waals surface area contributed by atoms with Crippen LogP contribution in [0.4, 0.5) is 5.69 Å². The van der Waals surface area contributed by atoms with Gasteiger partial charge in [0.2, 0.25) is 0 Å². The zero-order chi connectivity index (χ0) is 18.9. The topological polar surface area (TPSA) is 85.3 Å². The number of carbonyl (C=O) groups excluding carboxylic acids is 1. The number of hydrogen-bond donors (Lipinski definition) is 2. The number of nitrogens with two attached hydrogens (primary N) is 1. The summed E-state index contributed by atoms with van der Waals surface area (Å²) in [6, 6.07) is 6.46. The number of aromatic nitrogens is 3. The van der Waals surface area contributed by atoms with Crippen molar-refractivity contribution in [1.82, 2.24) is 14.6 Å². The molecule has 1 unspecified atom stereocenters. The van der Waals surface area contributed by atoms with Crippen LogP contribution in [0.2, 0.25) is 0 Å². The van der Waals surface area contributed by atoms with E-state index in [-0.39, 0.29) is 0 Å². The summed E-state index contributed by atoms with van der Waals surface area (Å²) in [6.07, 6.45) is 15.1. The predicted molar refractivity (Wildman–Crippen MR) is 107 cm³/mol. The van der Waals surface area contributed by atoms with E-state index in [2.05, 4.69) is 21.5 Å². The van der Waals surface area contributed by atoms with Gasteiger partial charge >= 0.3 is 0 Å². The zero-order valence-electron chi connectivity index (χ0n) is 15.7. The number of nitrogens with zero attached hydrogens (tertiary/aromatic N) is 3. The molecule has 0 aliphatic heterocycles. The van der Waals surface area contributed by atoms with E-state index in [1.165, 1.54) is 38.5 Å². The lowest BCUT2D eigenvalue weighted by molar-refractivity contribution is 0.100. The highest BCUT2D eigenvalue weighted by Gasteiger charge is 2.72. The number of nitrogens with one attached hydrogen (secondary N) is 1. The quantitative estimate of drug-likeness (QED) is 0.731. The maximum Gasteiger partial charge on any atom is 0.252 e. The summed E-state index contributed by atoms with van der Waals surface area (Å²) in [7, 11) is 0. The Morgan fingerprint density at radius 2 is 2.00 bits per heavy atom. The second-order valence-electron chi connectivity index (χ2n) is 8.78. The predicted octanol–water partition coefficient (Wildman–Crippen LogP) is 3.63. The molecule has 3 saturated carbocycles. The van der Waals surface area contributed by atoms with Crippen LogP contribution < -0.4 is 11.1 Å². The van der Waals surface area contributed by atoms with Gasteiger partial charge in [-0.3, -0.25) is 9.78 Å². The van der Waals surface area contributed by atoms with E-state index < -0.39 is 5.91 Å². The van der Waals surface area contributed by atoms with Gasteiger partial charge in [-0.15, -0.1) is 0 Å². The molecule has 6 heteroatoms. The molecule has 3 aromatic rings. The number of fused-ring (bicyclic) bond motifs is 2. The molecular formula is C22H23N5O. The van der Waals surface area contributed by atoms with Gasteiger partial charge in [0, 0.05) is 30.2 Å². The first kappa shape index (κ1) is 16.1. The molecule has 1 amide bonds. The molecule has 0 radical (unpaired) electrons. The molecule has 0 bridgehead atoms. The molecule has 3 aromatic heterocycles. The number of rotatable bonds is 4. The van der Waals surface area contributed by atoms with E-state index in [4.69, 9.17) is 5.73 Å². The third kappa shape index (κ3) is 2.11. The zero-order valence-corrected chi connectivity index (χ0v) is 15.7. The van der Waals surface area contributed by atoms with Crippen LogP contribution in [-0.2, 0) is 0 Å². The number of hydrogen-bond acceptors (Lipinski definition) is 4. The number of anilines is 1. The number of pyridine rings is 1. The summed E-state index contributed by atoms with van der Waals surface area (Å²) in [6.45, 7) is 0. The maximum atomic E-state index is 12.1. The van der Waals surface area contributed by atoms with Crippen molar-refractivity contribution >= 4 is 17.1 Å². The molecule has 2 spiro atoms. The molecule has 3 aliphatic carbocycles. The van der Waals surface area contributed by atoms with Gasteiger partial charge in [-0.1, -0.05) is 6.42 Å². The fourth-order valence-electron chi connectivity index (χ4n) is 5.78. The third-order valence-electron chi connectivity index (χ3n) is 7.50. The Hall–Kier alpha value is -2.89. The molecule has 142 valence electrons. The second kappa shape index (κ2) is 5.34. The van der Waals surface area contributed by atoms with Gasteiger partial charge in [-0.05, 0) is 66.7 Å². The molecule has 0 aromatic carbocycles. The molecule has 0 saturated heterocycles. The van der Waals surface area contributed by atoms with Crippen molar-refractivity contribution in [2.45, 2.75) is 44.6 Å². The summed E-state index contributed by atoms with van der Waals surface area (Å²) < 4.78 is 1.83. The van der Waals surface area contributed by atoms with E-state index in [9.17, 15) is 4.79 Å². The van der Waals surface area contributed by atoms with Crippen molar-refractivity contribution in [3.8, 4) is 11.1 Å². The lowest BCUT2D eigenvalue weighted by Gasteiger charge is -2.20. The summed E-state index contributed by atoms with van der Waals surface area (Å²) in [5.74, 6) is -0.439.